The van der Waals surface area contributed by atoms with Gasteiger partial charge >= 0.3 is 5.97 Å². The lowest BCUT2D eigenvalue weighted by Crippen LogP contribution is -2.35. The van der Waals surface area contributed by atoms with Crippen molar-refractivity contribution < 1.29 is 14.7 Å². The minimum atomic E-state index is -1.09. The molecule has 0 aliphatic carbocycles. The van der Waals surface area contributed by atoms with E-state index in [9.17, 15) is 9.59 Å². The Morgan fingerprint density at radius 1 is 1.33 bits per heavy atom. The van der Waals surface area contributed by atoms with Crippen LogP contribution in [0.2, 0.25) is 0 Å². The zero-order valence-corrected chi connectivity index (χ0v) is 12.1. The summed E-state index contributed by atoms with van der Waals surface area (Å²) in [5, 5.41) is 13.5. The predicted molar refractivity (Wildman–Crippen MR) is 79.0 cm³/mol. The highest BCUT2D eigenvalue weighted by molar-refractivity contribution is 7.09. The molecule has 110 valence electrons. The molecule has 0 fully saturated rings. The summed E-state index contributed by atoms with van der Waals surface area (Å²) in [5.74, 6) is -1.42. The molecule has 0 aliphatic rings. The van der Waals surface area contributed by atoms with E-state index >= 15 is 0 Å². The maximum absolute atomic E-state index is 12.1. The van der Waals surface area contributed by atoms with E-state index in [4.69, 9.17) is 10.8 Å². The lowest BCUT2D eigenvalue weighted by atomic mass is 10.1. The molecule has 1 aromatic heterocycles. The average Bonchev–Trinajstić information content (AvgIpc) is 2.97. The van der Waals surface area contributed by atoms with Gasteiger partial charge in [-0.15, -0.1) is 11.3 Å². The molecule has 0 saturated carbocycles. The second-order valence-electron chi connectivity index (χ2n) is 4.49. The molecule has 21 heavy (non-hydrogen) atoms. The number of aromatic nitrogens is 1. The van der Waals surface area contributed by atoms with Crippen LogP contribution in [-0.2, 0) is 4.79 Å². The Kier molecular flexibility index (Phi) is 4.66. The number of nitrogens with two attached hydrogens (primary N) is 1. The topological polar surface area (TPSA) is 105 Å². The van der Waals surface area contributed by atoms with Crippen LogP contribution < -0.4 is 11.1 Å². The fourth-order valence-corrected chi connectivity index (χ4v) is 2.56. The maximum atomic E-state index is 12.1. The monoisotopic (exact) mass is 305 g/mol. The Bertz CT molecular complexity index is 642. The van der Waals surface area contributed by atoms with Crippen molar-refractivity contribution in [2.24, 2.45) is 5.73 Å². The molecule has 1 heterocycles. The molecule has 2 rings (SSSR count). The molecule has 6 nitrogen and oxygen atoms in total. The molecule has 2 aromatic rings. The van der Waals surface area contributed by atoms with Crippen molar-refractivity contribution in [1.82, 2.24) is 10.3 Å². The van der Waals surface area contributed by atoms with Crippen molar-refractivity contribution in [2.45, 2.75) is 19.0 Å². The second-order valence-corrected chi connectivity index (χ2v) is 5.38. The van der Waals surface area contributed by atoms with Gasteiger partial charge in [-0.2, -0.15) is 0 Å². The molecule has 0 bridgehead atoms. The predicted octanol–water partition coefficient (Wildman–Crippen LogP) is 1.72. The molecule has 7 heteroatoms. The minimum Gasteiger partial charge on any atom is -0.476 e. The van der Waals surface area contributed by atoms with Crippen molar-refractivity contribution in [1.29, 1.82) is 0 Å². The van der Waals surface area contributed by atoms with Crippen molar-refractivity contribution in [3.8, 4) is 0 Å². The molecule has 0 aliphatic heterocycles. The molecule has 1 unspecified atom stereocenters. The van der Waals surface area contributed by atoms with Crippen LogP contribution in [-0.4, -0.2) is 22.0 Å². The number of carbonyl (C=O) groups excluding carboxylic acids is 1. The summed E-state index contributed by atoms with van der Waals surface area (Å²) in [6.07, 6.45) is 0. The third-order valence-electron chi connectivity index (χ3n) is 2.91. The first kappa shape index (κ1) is 15.1. The molecule has 0 spiro atoms. The van der Waals surface area contributed by atoms with E-state index in [1.165, 1.54) is 16.7 Å². The van der Waals surface area contributed by atoms with Gasteiger partial charge in [-0.1, -0.05) is 30.3 Å². The summed E-state index contributed by atoms with van der Waals surface area (Å²) < 4.78 is 0. The molecular formula is C14H15N3O3S. The van der Waals surface area contributed by atoms with Crippen LogP contribution in [0, 0.1) is 0 Å². The molecule has 1 aromatic carbocycles. The van der Waals surface area contributed by atoms with E-state index in [0.717, 1.165) is 0 Å². The lowest BCUT2D eigenvalue weighted by molar-refractivity contribution is -0.123. The normalized spacial score (nSPS) is 13.4. The highest BCUT2D eigenvalue weighted by atomic mass is 32.1. The Balaban J connectivity index is 2.03. The largest absolute Gasteiger partial charge is 0.476 e. The van der Waals surface area contributed by atoms with E-state index in [1.807, 2.05) is 18.2 Å². The lowest BCUT2D eigenvalue weighted by Gasteiger charge is -2.16. The number of aromatic carboxylic acids is 1. The number of carboxylic acids is 1. The first-order valence-corrected chi connectivity index (χ1v) is 7.16. The number of thiazole rings is 1. The van der Waals surface area contributed by atoms with E-state index in [2.05, 4.69) is 10.3 Å². The summed E-state index contributed by atoms with van der Waals surface area (Å²) in [6.45, 7) is 1.74. The molecule has 4 N–H and O–H groups in total. The van der Waals surface area contributed by atoms with Gasteiger partial charge in [0.05, 0.1) is 6.04 Å². The molecule has 0 saturated heterocycles. The van der Waals surface area contributed by atoms with Crippen LogP contribution in [0.25, 0.3) is 0 Å². The van der Waals surface area contributed by atoms with Gasteiger partial charge in [-0.25, -0.2) is 9.78 Å². The number of hydrogen-bond donors (Lipinski definition) is 3. The van der Waals surface area contributed by atoms with Gasteiger partial charge < -0.3 is 16.2 Å². The van der Waals surface area contributed by atoms with Gasteiger partial charge in [-0.05, 0) is 12.5 Å². The molecule has 1 amide bonds. The maximum Gasteiger partial charge on any atom is 0.355 e. The number of nitrogens with one attached hydrogen (secondary N) is 1. The van der Waals surface area contributed by atoms with Gasteiger partial charge in [0.15, 0.2) is 5.69 Å². The van der Waals surface area contributed by atoms with Crippen molar-refractivity contribution in [3.05, 3.63) is 52.0 Å². The SMILES string of the molecule is CC(NC(=O)[C@@H](N)c1ccccc1)c1nc(C(=O)O)cs1. The minimum absolute atomic E-state index is 0.0246. The third-order valence-corrected chi connectivity index (χ3v) is 3.94. The molecule has 2 atom stereocenters. The number of benzene rings is 1. The summed E-state index contributed by atoms with van der Waals surface area (Å²) in [4.78, 5) is 26.8. The number of nitrogens with zero attached hydrogens (tertiary/aromatic N) is 1. The number of hydrogen-bond acceptors (Lipinski definition) is 5. The van der Waals surface area contributed by atoms with Crippen LogP contribution in [0.1, 0.15) is 40.1 Å². The first-order valence-electron chi connectivity index (χ1n) is 6.28. The fraction of sp³-hybridized carbons (Fsp3) is 0.214. The number of amides is 1. The summed E-state index contributed by atoms with van der Waals surface area (Å²) in [6, 6.07) is 7.86. The van der Waals surface area contributed by atoms with Crippen LogP contribution >= 0.6 is 11.3 Å². The Morgan fingerprint density at radius 3 is 2.57 bits per heavy atom. The van der Waals surface area contributed by atoms with Crippen molar-refractivity contribution >= 4 is 23.2 Å². The van der Waals surface area contributed by atoms with Crippen LogP contribution in [0.15, 0.2) is 35.7 Å². The molecule has 0 radical (unpaired) electrons. The number of rotatable bonds is 5. The van der Waals surface area contributed by atoms with Crippen LogP contribution in [0.3, 0.4) is 0 Å². The van der Waals surface area contributed by atoms with Gasteiger partial charge in [0, 0.05) is 5.38 Å². The van der Waals surface area contributed by atoms with Gasteiger partial charge in [0.2, 0.25) is 5.91 Å². The van der Waals surface area contributed by atoms with E-state index in [-0.39, 0.29) is 11.6 Å². The zero-order chi connectivity index (χ0) is 15.4. The summed E-state index contributed by atoms with van der Waals surface area (Å²) >= 11 is 1.19. The van der Waals surface area contributed by atoms with E-state index < -0.39 is 18.1 Å². The summed E-state index contributed by atoms with van der Waals surface area (Å²) in [7, 11) is 0. The van der Waals surface area contributed by atoms with Crippen molar-refractivity contribution in [3.63, 3.8) is 0 Å². The van der Waals surface area contributed by atoms with Crippen molar-refractivity contribution in [2.75, 3.05) is 0 Å². The van der Waals surface area contributed by atoms with Gasteiger partial charge in [-0.3, -0.25) is 4.79 Å². The second kappa shape index (κ2) is 6.47. The summed E-state index contributed by atoms with van der Waals surface area (Å²) in [5.41, 5.74) is 6.59. The van der Waals surface area contributed by atoms with Crippen LogP contribution in [0.5, 0.6) is 0 Å². The quantitative estimate of drug-likeness (QED) is 0.780. The van der Waals surface area contributed by atoms with Gasteiger partial charge in [0.25, 0.3) is 0 Å². The average molecular weight is 305 g/mol. The highest BCUT2D eigenvalue weighted by Crippen LogP contribution is 2.19. The highest BCUT2D eigenvalue weighted by Gasteiger charge is 2.20. The van der Waals surface area contributed by atoms with E-state index in [0.29, 0.717) is 10.6 Å². The zero-order valence-electron chi connectivity index (χ0n) is 11.3. The Hall–Kier alpha value is -2.25. The Labute approximate surface area is 125 Å². The van der Waals surface area contributed by atoms with Crippen LogP contribution in [0.4, 0.5) is 0 Å². The standard InChI is InChI=1S/C14H15N3O3S/c1-8(13-17-10(7-21-13)14(19)20)16-12(18)11(15)9-5-3-2-4-6-9/h2-8,11H,15H2,1H3,(H,16,18)(H,19,20)/t8?,11-/m0/s1. The number of carboxylic acid groups (broad SMARTS) is 1. The third kappa shape index (κ3) is 3.65. The fourth-order valence-electron chi connectivity index (χ4n) is 1.76. The molecular weight excluding hydrogens is 290 g/mol. The first-order chi connectivity index (χ1) is 9.99. The Morgan fingerprint density at radius 2 is 2.00 bits per heavy atom. The smallest absolute Gasteiger partial charge is 0.355 e. The number of carbonyl (C=O) groups is 2. The van der Waals surface area contributed by atoms with E-state index in [1.54, 1.807) is 19.1 Å². The van der Waals surface area contributed by atoms with Gasteiger partial charge in [0.1, 0.15) is 11.0 Å².